The van der Waals surface area contributed by atoms with Crippen LogP contribution in [0.15, 0.2) is 24.5 Å². The normalized spacial score (nSPS) is 15.1. The van der Waals surface area contributed by atoms with Crippen LogP contribution in [-0.2, 0) is 5.54 Å². The van der Waals surface area contributed by atoms with E-state index in [1.807, 2.05) is 33.2 Å². The highest BCUT2D eigenvalue weighted by atomic mass is 16.3. The second-order valence-corrected chi connectivity index (χ2v) is 4.46. The van der Waals surface area contributed by atoms with Crippen LogP contribution in [-0.4, -0.2) is 48.8 Å². The highest BCUT2D eigenvalue weighted by Gasteiger charge is 2.24. The first-order valence-electron chi connectivity index (χ1n) is 5.49. The number of pyridine rings is 1. The van der Waals surface area contributed by atoms with Crippen LogP contribution in [0.5, 0.6) is 0 Å². The Morgan fingerprint density at radius 3 is 2.75 bits per heavy atom. The Morgan fingerprint density at radius 1 is 1.50 bits per heavy atom. The molecular formula is C12H21N3O. The molecule has 0 bridgehead atoms. The molecule has 4 heteroatoms. The predicted octanol–water partition coefficient (Wildman–Crippen LogP) is 0.440. The fraction of sp³-hybridized carbons (Fsp3) is 0.583. The quantitative estimate of drug-likeness (QED) is 0.735. The van der Waals surface area contributed by atoms with Crippen LogP contribution in [0.1, 0.15) is 12.5 Å². The molecule has 2 N–H and O–H groups in total. The maximum Gasteiger partial charge on any atom is 0.0656 e. The third-order valence-corrected chi connectivity index (χ3v) is 2.69. The van der Waals surface area contributed by atoms with Crippen LogP contribution in [0.2, 0.25) is 0 Å². The average Bonchev–Trinajstić information content (AvgIpc) is 2.29. The topological polar surface area (TPSA) is 48.4 Å². The van der Waals surface area contributed by atoms with Crippen LogP contribution in [0.4, 0.5) is 0 Å². The van der Waals surface area contributed by atoms with Crippen molar-refractivity contribution in [1.82, 2.24) is 15.2 Å². The van der Waals surface area contributed by atoms with Crippen molar-refractivity contribution >= 4 is 0 Å². The highest BCUT2D eigenvalue weighted by molar-refractivity contribution is 5.19. The molecule has 0 fully saturated rings. The number of aliphatic hydroxyl groups excluding tert-OH is 1. The second kappa shape index (κ2) is 5.94. The van der Waals surface area contributed by atoms with Crippen molar-refractivity contribution in [2.24, 2.45) is 0 Å². The molecule has 0 aliphatic rings. The van der Waals surface area contributed by atoms with Gasteiger partial charge in [0.1, 0.15) is 0 Å². The number of nitrogens with one attached hydrogen (secondary N) is 1. The number of hydrogen-bond donors (Lipinski definition) is 2. The summed E-state index contributed by atoms with van der Waals surface area (Å²) < 4.78 is 0. The zero-order valence-corrected chi connectivity index (χ0v) is 10.3. The van der Waals surface area contributed by atoms with Crippen molar-refractivity contribution in [1.29, 1.82) is 0 Å². The van der Waals surface area contributed by atoms with Crippen LogP contribution >= 0.6 is 0 Å². The monoisotopic (exact) mass is 223 g/mol. The third kappa shape index (κ3) is 3.56. The van der Waals surface area contributed by atoms with Crippen LogP contribution in [0.25, 0.3) is 0 Å². The molecule has 0 aliphatic carbocycles. The van der Waals surface area contributed by atoms with Crippen molar-refractivity contribution in [2.45, 2.75) is 12.5 Å². The van der Waals surface area contributed by atoms with Gasteiger partial charge in [0.15, 0.2) is 0 Å². The number of nitrogens with zero attached hydrogens (tertiary/aromatic N) is 2. The van der Waals surface area contributed by atoms with E-state index in [0.717, 1.165) is 18.7 Å². The molecule has 0 aliphatic heterocycles. The molecule has 1 aromatic heterocycles. The van der Waals surface area contributed by atoms with Gasteiger partial charge in [0.25, 0.3) is 0 Å². The number of rotatable bonds is 6. The first-order valence-corrected chi connectivity index (χ1v) is 5.49. The van der Waals surface area contributed by atoms with Crippen molar-refractivity contribution < 1.29 is 5.11 Å². The lowest BCUT2D eigenvalue weighted by Gasteiger charge is -2.29. The molecule has 0 radical (unpaired) electrons. The summed E-state index contributed by atoms with van der Waals surface area (Å²) >= 11 is 0. The highest BCUT2D eigenvalue weighted by Crippen LogP contribution is 2.18. The Kier molecular flexibility index (Phi) is 4.86. The van der Waals surface area contributed by atoms with E-state index < -0.39 is 5.54 Å². The van der Waals surface area contributed by atoms with Gasteiger partial charge in [-0.25, -0.2) is 0 Å². The molecule has 1 rings (SSSR count). The van der Waals surface area contributed by atoms with Crippen LogP contribution in [0.3, 0.4) is 0 Å². The van der Waals surface area contributed by atoms with Gasteiger partial charge in [-0.05, 0) is 32.6 Å². The standard InChI is InChI=1S/C12H21N3O/c1-12(10-16,14-7-8-15(2)3)11-5-4-6-13-9-11/h4-6,9,14,16H,7-8,10H2,1-3H3. The van der Waals surface area contributed by atoms with Crippen LogP contribution < -0.4 is 5.32 Å². The fourth-order valence-corrected chi connectivity index (χ4v) is 1.49. The van der Waals surface area contributed by atoms with E-state index in [0.29, 0.717) is 0 Å². The minimum atomic E-state index is -0.412. The van der Waals surface area contributed by atoms with E-state index >= 15 is 0 Å². The number of aliphatic hydroxyl groups is 1. The summed E-state index contributed by atoms with van der Waals surface area (Å²) in [5, 5.41) is 12.9. The smallest absolute Gasteiger partial charge is 0.0656 e. The van der Waals surface area contributed by atoms with E-state index in [1.54, 1.807) is 12.4 Å². The summed E-state index contributed by atoms with van der Waals surface area (Å²) in [6, 6.07) is 3.86. The minimum Gasteiger partial charge on any atom is -0.394 e. The first kappa shape index (κ1) is 13.1. The zero-order chi connectivity index (χ0) is 12.0. The molecule has 4 nitrogen and oxygen atoms in total. The maximum atomic E-state index is 9.50. The lowest BCUT2D eigenvalue weighted by molar-refractivity contribution is 0.171. The summed E-state index contributed by atoms with van der Waals surface area (Å²) in [5.74, 6) is 0. The van der Waals surface area contributed by atoms with Gasteiger partial charge in [0, 0.05) is 25.5 Å². The molecular weight excluding hydrogens is 202 g/mol. The molecule has 0 aromatic carbocycles. The van der Waals surface area contributed by atoms with Gasteiger partial charge in [0.2, 0.25) is 0 Å². The molecule has 90 valence electrons. The Morgan fingerprint density at radius 2 is 2.25 bits per heavy atom. The number of likely N-dealkylation sites (N-methyl/N-ethyl adjacent to an activating group) is 1. The van der Waals surface area contributed by atoms with Gasteiger partial charge < -0.3 is 15.3 Å². The van der Waals surface area contributed by atoms with Gasteiger partial charge in [-0.2, -0.15) is 0 Å². The molecule has 16 heavy (non-hydrogen) atoms. The molecule has 0 spiro atoms. The van der Waals surface area contributed by atoms with E-state index in [9.17, 15) is 5.11 Å². The first-order chi connectivity index (χ1) is 7.58. The number of hydrogen-bond acceptors (Lipinski definition) is 4. The Bertz CT molecular complexity index is 302. The number of aromatic nitrogens is 1. The van der Waals surface area contributed by atoms with E-state index in [-0.39, 0.29) is 6.61 Å². The molecule has 1 heterocycles. The SMILES string of the molecule is CN(C)CCNC(C)(CO)c1cccnc1. The Balaban J connectivity index is 2.63. The lowest BCUT2D eigenvalue weighted by atomic mass is 9.94. The van der Waals surface area contributed by atoms with E-state index in [1.165, 1.54) is 0 Å². The van der Waals surface area contributed by atoms with E-state index in [2.05, 4.69) is 15.2 Å². The van der Waals surface area contributed by atoms with Crippen molar-refractivity contribution in [3.05, 3.63) is 30.1 Å². The predicted molar refractivity (Wildman–Crippen MR) is 65.2 cm³/mol. The molecule has 0 saturated carbocycles. The Hall–Kier alpha value is -0.970. The van der Waals surface area contributed by atoms with Gasteiger partial charge in [-0.3, -0.25) is 4.98 Å². The average molecular weight is 223 g/mol. The van der Waals surface area contributed by atoms with Crippen molar-refractivity contribution in [3.8, 4) is 0 Å². The molecule has 0 amide bonds. The summed E-state index contributed by atoms with van der Waals surface area (Å²) in [6.45, 7) is 3.82. The van der Waals surface area contributed by atoms with Gasteiger partial charge in [0.05, 0.1) is 12.1 Å². The molecule has 0 saturated heterocycles. The Labute approximate surface area is 97.3 Å². The largest absolute Gasteiger partial charge is 0.394 e. The molecule has 1 unspecified atom stereocenters. The lowest BCUT2D eigenvalue weighted by Crippen LogP contribution is -2.45. The zero-order valence-electron chi connectivity index (χ0n) is 10.3. The summed E-state index contributed by atoms with van der Waals surface area (Å²) in [4.78, 5) is 6.19. The van der Waals surface area contributed by atoms with Gasteiger partial charge >= 0.3 is 0 Å². The molecule has 1 aromatic rings. The van der Waals surface area contributed by atoms with Gasteiger partial charge in [-0.15, -0.1) is 0 Å². The fourth-order valence-electron chi connectivity index (χ4n) is 1.49. The van der Waals surface area contributed by atoms with E-state index in [4.69, 9.17) is 0 Å². The van der Waals surface area contributed by atoms with Gasteiger partial charge in [-0.1, -0.05) is 6.07 Å². The second-order valence-electron chi connectivity index (χ2n) is 4.46. The van der Waals surface area contributed by atoms with Crippen LogP contribution in [0, 0.1) is 0 Å². The minimum absolute atomic E-state index is 0.0616. The summed E-state index contributed by atoms with van der Waals surface area (Å²) in [6.07, 6.45) is 3.53. The summed E-state index contributed by atoms with van der Waals surface area (Å²) in [7, 11) is 4.06. The van der Waals surface area contributed by atoms with Crippen molar-refractivity contribution in [2.75, 3.05) is 33.8 Å². The maximum absolute atomic E-state index is 9.50. The van der Waals surface area contributed by atoms with Crippen molar-refractivity contribution in [3.63, 3.8) is 0 Å². The molecule has 1 atom stereocenters. The third-order valence-electron chi connectivity index (χ3n) is 2.69. The summed E-state index contributed by atoms with van der Waals surface area (Å²) in [5.41, 5.74) is 0.598.